The molecular weight excluding hydrogens is 253 g/mol. The van der Waals surface area contributed by atoms with E-state index in [4.69, 9.17) is 4.74 Å². The SMILES string of the molecule is CC1(C2CCNCC2)Cc2cc(F)ccc2O1.Cl. The lowest BCUT2D eigenvalue weighted by atomic mass is 9.79. The van der Waals surface area contributed by atoms with Crippen LogP contribution in [0.5, 0.6) is 5.75 Å². The van der Waals surface area contributed by atoms with E-state index in [9.17, 15) is 4.39 Å². The third kappa shape index (κ3) is 2.34. The summed E-state index contributed by atoms with van der Waals surface area (Å²) in [6, 6.07) is 4.85. The summed E-state index contributed by atoms with van der Waals surface area (Å²) in [6.45, 7) is 4.30. The van der Waals surface area contributed by atoms with Crippen LogP contribution in [-0.4, -0.2) is 18.7 Å². The van der Waals surface area contributed by atoms with Crippen molar-refractivity contribution in [1.82, 2.24) is 5.32 Å². The van der Waals surface area contributed by atoms with Crippen LogP contribution in [-0.2, 0) is 6.42 Å². The van der Waals surface area contributed by atoms with E-state index in [0.717, 1.165) is 43.7 Å². The Bertz CT molecular complexity index is 434. The number of benzene rings is 1. The zero-order chi connectivity index (χ0) is 11.9. The third-order valence-electron chi connectivity index (χ3n) is 4.11. The minimum Gasteiger partial charge on any atom is -0.487 e. The standard InChI is InChI=1S/C14H18FNO.ClH/c1-14(11-4-6-16-7-5-11)9-10-8-12(15)2-3-13(10)17-14;/h2-3,8,11,16H,4-7,9H2,1H3;1H. The van der Waals surface area contributed by atoms with Crippen molar-refractivity contribution in [2.75, 3.05) is 13.1 Å². The predicted molar refractivity (Wildman–Crippen MR) is 72.0 cm³/mol. The van der Waals surface area contributed by atoms with Crippen LogP contribution < -0.4 is 10.1 Å². The highest BCUT2D eigenvalue weighted by Gasteiger charge is 2.42. The van der Waals surface area contributed by atoms with Crippen LogP contribution in [0.3, 0.4) is 0 Å². The van der Waals surface area contributed by atoms with Crippen molar-refractivity contribution in [1.29, 1.82) is 0 Å². The van der Waals surface area contributed by atoms with E-state index in [-0.39, 0.29) is 23.8 Å². The molecule has 2 aliphatic heterocycles. The van der Waals surface area contributed by atoms with Gasteiger partial charge >= 0.3 is 0 Å². The predicted octanol–water partition coefficient (Wildman–Crippen LogP) is 2.94. The molecule has 1 N–H and O–H groups in total. The van der Waals surface area contributed by atoms with Crippen LogP contribution in [0.25, 0.3) is 0 Å². The molecule has 0 bridgehead atoms. The van der Waals surface area contributed by atoms with Gasteiger partial charge in [0.25, 0.3) is 0 Å². The van der Waals surface area contributed by atoms with Crippen LogP contribution in [0.2, 0.25) is 0 Å². The lowest BCUT2D eigenvalue weighted by molar-refractivity contribution is 0.0319. The van der Waals surface area contributed by atoms with E-state index in [2.05, 4.69) is 12.2 Å². The molecule has 1 fully saturated rings. The van der Waals surface area contributed by atoms with Crippen LogP contribution in [0, 0.1) is 11.7 Å². The highest BCUT2D eigenvalue weighted by atomic mass is 35.5. The van der Waals surface area contributed by atoms with E-state index >= 15 is 0 Å². The molecule has 0 spiro atoms. The van der Waals surface area contributed by atoms with Gasteiger partial charge in [-0.3, -0.25) is 0 Å². The molecule has 18 heavy (non-hydrogen) atoms. The quantitative estimate of drug-likeness (QED) is 0.848. The molecule has 0 aromatic heterocycles. The summed E-state index contributed by atoms with van der Waals surface area (Å²) in [5, 5.41) is 3.37. The Balaban J connectivity index is 0.00000120. The Kier molecular flexibility index (Phi) is 3.83. The first kappa shape index (κ1) is 13.6. The highest BCUT2D eigenvalue weighted by molar-refractivity contribution is 5.85. The average Bonchev–Trinajstić information content (AvgIpc) is 2.67. The number of piperidine rings is 1. The summed E-state index contributed by atoms with van der Waals surface area (Å²) in [5.74, 6) is 1.27. The minimum absolute atomic E-state index is 0. The molecule has 0 amide bonds. The molecule has 2 heterocycles. The maximum absolute atomic E-state index is 13.2. The zero-order valence-corrected chi connectivity index (χ0v) is 11.4. The first-order valence-electron chi connectivity index (χ1n) is 6.35. The molecule has 2 aliphatic rings. The second-order valence-corrected chi connectivity index (χ2v) is 5.37. The number of hydrogen-bond acceptors (Lipinski definition) is 2. The van der Waals surface area contributed by atoms with E-state index in [0.29, 0.717) is 5.92 Å². The van der Waals surface area contributed by atoms with Gasteiger partial charge in [0.05, 0.1) is 0 Å². The Labute approximate surface area is 113 Å². The smallest absolute Gasteiger partial charge is 0.123 e. The van der Waals surface area contributed by atoms with Gasteiger partial charge in [-0.05, 0) is 51.1 Å². The van der Waals surface area contributed by atoms with E-state index in [1.807, 2.05) is 0 Å². The average molecular weight is 272 g/mol. The summed E-state index contributed by atoms with van der Waals surface area (Å²) in [4.78, 5) is 0. The number of halogens is 2. The molecule has 4 heteroatoms. The van der Waals surface area contributed by atoms with E-state index in [1.54, 1.807) is 12.1 Å². The molecule has 1 atom stereocenters. The third-order valence-corrected chi connectivity index (χ3v) is 4.11. The number of hydrogen-bond donors (Lipinski definition) is 1. The lowest BCUT2D eigenvalue weighted by Crippen LogP contribution is -2.44. The molecule has 1 unspecified atom stereocenters. The van der Waals surface area contributed by atoms with Crippen molar-refractivity contribution < 1.29 is 9.13 Å². The maximum Gasteiger partial charge on any atom is 0.123 e. The van der Waals surface area contributed by atoms with Gasteiger partial charge in [0.1, 0.15) is 17.2 Å². The van der Waals surface area contributed by atoms with Gasteiger partial charge in [-0.2, -0.15) is 0 Å². The number of ether oxygens (including phenoxy) is 1. The Hall–Kier alpha value is -0.800. The number of fused-ring (bicyclic) bond motifs is 1. The van der Waals surface area contributed by atoms with E-state index in [1.165, 1.54) is 6.07 Å². The zero-order valence-electron chi connectivity index (χ0n) is 10.5. The van der Waals surface area contributed by atoms with Gasteiger partial charge < -0.3 is 10.1 Å². The summed E-state index contributed by atoms with van der Waals surface area (Å²) in [7, 11) is 0. The van der Waals surface area contributed by atoms with Gasteiger partial charge in [0.15, 0.2) is 0 Å². The monoisotopic (exact) mass is 271 g/mol. The van der Waals surface area contributed by atoms with Crippen molar-refractivity contribution in [3.8, 4) is 5.75 Å². The summed E-state index contributed by atoms with van der Waals surface area (Å²) in [5.41, 5.74) is 0.879. The summed E-state index contributed by atoms with van der Waals surface area (Å²) < 4.78 is 19.3. The normalized spacial score (nSPS) is 27.2. The molecule has 2 nitrogen and oxygen atoms in total. The van der Waals surface area contributed by atoms with Gasteiger partial charge in [0.2, 0.25) is 0 Å². The molecule has 0 radical (unpaired) electrons. The fourth-order valence-electron chi connectivity index (χ4n) is 3.11. The van der Waals surface area contributed by atoms with Crippen LogP contribution in [0.4, 0.5) is 4.39 Å². The van der Waals surface area contributed by atoms with Gasteiger partial charge in [-0.1, -0.05) is 0 Å². The van der Waals surface area contributed by atoms with Gasteiger partial charge in [-0.15, -0.1) is 12.4 Å². The lowest BCUT2D eigenvalue weighted by Gasteiger charge is -2.36. The molecule has 100 valence electrons. The molecule has 1 aromatic carbocycles. The summed E-state index contributed by atoms with van der Waals surface area (Å²) >= 11 is 0. The maximum atomic E-state index is 13.2. The first-order chi connectivity index (χ1) is 8.17. The molecule has 1 aromatic rings. The van der Waals surface area contributed by atoms with Crippen LogP contribution >= 0.6 is 12.4 Å². The second-order valence-electron chi connectivity index (χ2n) is 5.37. The number of rotatable bonds is 1. The Morgan fingerprint density at radius 2 is 2.06 bits per heavy atom. The van der Waals surface area contributed by atoms with E-state index < -0.39 is 0 Å². The molecule has 1 saturated heterocycles. The van der Waals surface area contributed by atoms with Crippen molar-refractivity contribution in [2.24, 2.45) is 5.92 Å². The van der Waals surface area contributed by atoms with Gasteiger partial charge in [-0.25, -0.2) is 4.39 Å². The molecule has 0 saturated carbocycles. The Morgan fingerprint density at radius 1 is 1.33 bits per heavy atom. The van der Waals surface area contributed by atoms with Crippen LogP contribution in [0.15, 0.2) is 18.2 Å². The van der Waals surface area contributed by atoms with Gasteiger partial charge in [0, 0.05) is 17.9 Å². The van der Waals surface area contributed by atoms with Crippen molar-refractivity contribution in [2.45, 2.75) is 31.8 Å². The van der Waals surface area contributed by atoms with Crippen molar-refractivity contribution >= 4 is 12.4 Å². The number of nitrogens with one attached hydrogen (secondary N) is 1. The Morgan fingerprint density at radius 3 is 2.78 bits per heavy atom. The largest absolute Gasteiger partial charge is 0.487 e. The van der Waals surface area contributed by atoms with Crippen molar-refractivity contribution in [3.63, 3.8) is 0 Å². The fraction of sp³-hybridized carbons (Fsp3) is 0.571. The fourth-order valence-corrected chi connectivity index (χ4v) is 3.11. The summed E-state index contributed by atoms with van der Waals surface area (Å²) in [6.07, 6.45) is 3.13. The van der Waals surface area contributed by atoms with Crippen LogP contribution in [0.1, 0.15) is 25.3 Å². The minimum atomic E-state index is -0.165. The molecular formula is C14H19ClFNO. The first-order valence-corrected chi connectivity index (χ1v) is 6.35. The highest BCUT2D eigenvalue weighted by Crippen LogP contribution is 2.41. The second kappa shape index (κ2) is 5.06. The molecule has 0 aliphatic carbocycles. The van der Waals surface area contributed by atoms with Crippen molar-refractivity contribution in [3.05, 3.63) is 29.6 Å². The topological polar surface area (TPSA) is 21.3 Å². The molecule has 3 rings (SSSR count).